The largest absolute Gasteiger partial charge is 0.338 e. The number of nitrogens with zero attached hydrogens (tertiary/aromatic N) is 1. The molecule has 1 atom stereocenters. The smallest absolute Gasteiger partial charge is 0.226 e. The van der Waals surface area contributed by atoms with Crippen LogP contribution in [-0.4, -0.2) is 30.4 Å². The van der Waals surface area contributed by atoms with E-state index in [4.69, 9.17) is 11.6 Å². The minimum atomic E-state index is 0.258. The fourth-order valence-electron chi connectivity index (χ4n) is 4.02. The van der Waals surface area contributed by atoms with Gasteiger partial charge in [0, 0.05) is 24.0 Å². The molecule has 1 aliphatic carbocycles. The Labute approximate surface area is 150 Å². The number of benzene rings is 1. The van der Waals surface area contributed by atoms with Gasteiger partial charge in [-0.05, 0) is 61.9 Å². The van der Waals surface area contributed by atoms with E-state index in [2.05, 4.69) is 17.1 Å². The summed E-state index contributed by atoms with van der Waals surface area (Å²) in [5, 5.41) is 4.17. The molecule has 3 rings (SSSR count). The van der Waals surface area contributed by atoms with Crippen LogP contribution in [0.2, 0.25) is 5.02 Å². The Morgan fingerprint density at radius 3 is 2.62 bits per heavy atom. The number of hydrogen-bond acceptors (Lipinski definition) is 2. The molecule has 1 unspecified atom stereocenters. The molecule has 1 heterocycles. The number of carbonyl (C=O) groups excluding carboxylic acids is 1. The third-order valence-corrected chi connectivity index (χ3v) is 5.97. The first-order chi connectivity index (χ1) is 11.6. The average Bonchev–Trinajstić information content (AvgIpc) is 3.29. The quantitative estimate of drug-likeness (QED) is 0.747. The van der Waals surface area contributed by atoms with E-state index >= 15 is 0 Å². The highest BCUT2D eigenvalue weighted by atomic mass is 35.5. The summed E-state index contributed by atoms with van der Waals surface area (Å²) in [6.07, 6.45) is 6.88. The van der Waals surface area contributed by atoms with Crippen molar-refractivity contribution >= 4 is 17.5 Å². The van der Waals surface area contributed by atoms with Crippen LogP contribution in [0.25, 0.3) is 0 Å². The minimum Gasteiger partial charge on any atom is -0.338 e. The Kier molecular flexibility index (Phi) is 5.83. The second-order valence-corrected chi connectivity index (χ2v) is 7.90. The van der Waals surface area contributed by atoms with Gasteiger partial charge in [-0.1, -0.05) is 43.5 Å². The molecule has 4 heteroatoms. The van der Waals surface area contributed by atoms with E-state index in [-0.39, 0.29) is 5.92 Å². The van der Waals surface area contributed by atoms with Crippen molar-refractivity contribution in [2.45, 2.75) is 52.0 Å². The number of halogens is 1. The summed E-state index contributed by atoms with van der Waals surface area (Å²) in [5.41, 5.74) is 1.48. The van der Waals surface area contributed by atoms with E-state index in [9.17, 15) is 4.79 Å². The Bertz CT molecular complexity index is 551. The van der Waals surface area contributed by atoms with E-state index in [1.165, 1.54) is 18.4 Å². The van der Waals surface area contributed by atoms with Gasteiger partial charge in [0.2, 0.25) is 5.91 Å². The molecule has 0 bridgehead atoms. The van der Waals surface area contributed by atoms with Gasteiger partial charge in [-0.25, -0.2) is 0 Å². The van der Waals surface area contributed by atoms with E-state index in [1.54, 1.807) is 0 Å². The van der Waals surface area contributed by atoms with Crippen LogP contribution in [0.15, 0.2) is 24.3 Å². The summed E-state index contributed by atoms with van der Waals surface area (Å²) < 4.78 is 0. The highest BCUT2D eigenvalue weighted by molar-refractivity contribution is 6.30. The van der Waals surface area contributed by atoms with Gasteiger partial charge >= 0.3 is 0 Å². The van der Waals surface area contributed by atoms with Crippen LogP contribution in [0.1, 0.15) is 51.0 Å². The highest BCUT2D eigenvalue weighted by Gasteiger charge is 2.58. The van der Waals surface area contributed by atoms with E-state index in [1.807, 2.05) is 24.3 Å². The fraction of sp³-hybridized carbons (Fsp3) is 0.650. The van der Waals surface area contributed by atoms with Crippen LogP contribution in [0.4, 0.5) is 0 Å². The maximum atomic E-state index is 13.1. The van der Waals surface area contributed by atoms with Crippen LogP contribution >= 0.6 is 11.6 Å². The predicted octanol–water partition coefficient (Wildman–Crippen LogP) is 4.25. The van der Waals surface area contributed by atoms with E-state index in [0.717, 1.165) is 50.3 Å². The second kappa shape index (κ2) is 7.88. The molecule has 1 saturated heterocycles. The van der Waals surface area contributed by atoms with Gasteiger partial charge in [-0.3, -0.25) is 4.79 Å². The van der Waals surface area contributed by atoms with Crippen LogP contribution < -0.4 is 5.32 Å². The molecule has 24 heavy (non-hydrogen) atoms. The fourth-order valence-corrected chi connectivity index (χ4v) is 4.15. The van der Waals surface area contributed by atoms with Crippen molar-refractivity contribution in [1.82, 2.24) is 10.2 Å². The normalized spacial score (nSPS) is 21.7. The van der Waals surface area contributed by atoms with E-state index in [0.29, 0.717) is 17.9 Å². The van der Waals surface area contributed by atoms with E-state index < -0.39 is 0 Å². The van der Waals surface area contributed by atoms with Crippen LogP contribution in [-0.2, 0) is 11.3 Å². The Morgan fingerprint density at radius 1 is 1.25 bits per heavy atom. The van der Waals surface area contributed by atoms with Gasteiger partial charge in [-0.15, -0.1) is 0 Å². The molecule has 132 valence electrons. The monoisotopic (exact) mass is 348 g/mol. The molecular formula is C20H29ClN2O. The second-order valence-electron chi connectivity index (χ2n) is 7.46. The van der Waals surface area contributed by atoms with Crippen molar-refractivity contribution in [3.05, 3.63) is 34.9 Å². The highest BCUT2D eigenvalue weighted by Crippen LogP contribution is 2.59. The summed E-state index contributed by atoms with van der Waals surface area (Å²) in [6.45, 7) is 5.93. The van der Waals surface area contributed by atoms with Gasteiger partial charge in [0.05, 0.1) is 0 Å². The van der Waals surface area contributed by atoms with Crippen LogP contribution in [0.3, 0.4) is 0 Å². The number of hydrogen-bond donors (Lipinski definition) is 1. The molecule has 1 aliphatic heterocycles. The van der Waals surface area contributed by atoms with Crippen molar-refractivity contribution in [3.63, 3.8) is 0 Å². The third kappa shape index (κ3) is 4.12. The summed E-state index contributed by atoms with van der Waals surface area (Å²) >= 11 is 5.98. The van der Waals surface area contributed by atoms with Gasteiger partial charge < -0.3 is 10.2 Å². The number of unbranched alkanes of at least 4 members (excludes halogenated alkanes) is 2. The minimum absolute atomic E-state index is 0.258. The molecule has 2 fully saturated rings. The lowest BCUT2D eigenvalue weighted by molar-refractivity contribution is -0.134. The molecule has 1 N–H and O–H groups in total. The first kappa shape index (κ1) is 17.8. The lowest BCUT2D eigenvalue weighted by atomic mass is 9.91. The zero-order chi connectivity index (χ0) is 17.0. The molecule has 1 aromatic carbocycles. The molecule has 1 saturated carbocycles. The number of amides is 1. The molecule has 0 radical (unpaired) electrons. The van der Waals surface area contributed by atoms with Crippen LogP contribution in [0, 0.1) is 11.3 Å². The predicted molar refractivity (Wildman–Crippen MR) is 99.0 cm³/mol. The molecule has 0 aromatic heterocycles. The molecule has 1 spiro atoms. The molecular weight excluding hydrogens is 320 g/mol. The van der Waals surface area contributed by atoms with Crippen LogP contribution in [0.5, 0.6) is 0 Å². The lowest BCUT2D eigenvalue weighted by Crippen LogP contribution is -2.36. The summed E-state index contributed by atoms with van der Waals surface area (Å²) in [5.74, 6) is 0.636. The van der Waals surface area contributed by atoms with Crippen molar-refractivity contribution in [2.24, 2.45) is 11.3 Å². The first-order valence-electron chi connectivity index (χ1n) is 9.38. The molecule has 1 aromatic rings. The zero-order valence-corrected chi connectivity index (χ0v) is 15.4. The number of carbonyl (C=O) groups is 1. The third-order valence-electron chi connectivity index (χ3n) is 5.72. The summed E-state index contributed by atoms with van der Waals surface area (Å²) in [4.78, 5) is 15.2. The summed E-state index contributed by atoms with van der Waals surface area (Å²) in [6, 6.07) is 7.90. The van der Waals surface area contributed by atoms with Crippen molar-refractivity contribution < 1.29 is 4.79 Å². The molecule has 3 nitrogen and oxygen atoms in total. The Morgan fingerprint density at radius 2 is 1.96 bits per heavy atom. The number of nitrogens with one attached hydrogen (secondary N) is 1. The van der Waals surface area contributed by atoms with Gasteiger partial charge in [0.15, 0.2) is 0 Å². The topological polar surface area (TPSA) is 32.3 Å². The Balaban J connectivity index is 1.65. The van der Waals surface area contributed by atoms with Gasteiger partial charge in [0.25, 0.3) is 0 Å². The standard InChI is InChI=1S/C20H29ClN2O/c1-2-3-4-13-23(15-16-5-7-17(21)8-6-16)19(24)18-14-20(18)9-11-22-12-10-20/h5-8,18,22H,2-4,9-15H2,1H3. The average molecular weight is 349 g/mol. The van der Waals surface area contributed by atoms with Crippen molar-refractivity contribution in [3.8, 4) is 0 Å². The molecule has 1 amide bonds. The van der Waals surface area contributed by atoms with Crippen molar-refractivity contribution in [1.29, 1.82) is 0 Å². The number of rotatable bonds is 7. The molecule has 2 aliphatic rings. The first-order valence-corrected chi connectivity index (χ1v) is 9.76. The van der Waals surface area contributed by atoms with Crippen molar-refractivity contribution in [2.75, 3.05) is 19.6 Å². The van der Waals surface area contributed by atoms with Gasteiger partial charge in [0.1, 0.15) is 0 Å². The zero-order valence-electron chi connectivity index (χ0n) is 14.7. The lowest BCUT2D eigenvalue weighted by Gasteiger charge is -2.27. The summed E-state index contributed by atoms with van der Waals surface area (Å²) in [7, 11) is 0. The van der Waals surface area contributed by atoms with Gasteiger partial charge in [-0.2, -0.15) is 0 Å². The maximum Gasteiger partial charge on any atom is 0.226 e. The SMILES string of the molecule is CCCCCN(Cc1ccc(Cl)cc1)C(=O)C1CC12CCNCC2. The number of piperidine rings is 1. The maximum absolute atomic E-state index is 13.1. The Hall–Kier alpha value is -1.06.